The molecule has 1 aliphatic heterocycles. The Morgan fingerprint density at radius 3 is 2.42 bits per heavy atom. The minimum Gasteiger partial charge on any atom is -0.435 e. The normalized spacial score (nSPS) is 15.3. The van der Waals surface area contributed by atoms with Gasteiger partial charge >= 0.3 is 12.8 Å². The van der Waals surface area contributed by atoms with Crippen LogP contribution in [0.2, 0.25) is 0 Å². The largest absolute Gasteiger partial charge is 0.435 e. The van der Waals surface area contributed by atoms with E-state index in [1.165, 1.54) is 24.3 Å². The lowest BCUT2D eigenvalue weighted by molar-refractivity contribution is -0.137. The molecule has 1 aromatic heterocycles. The van der Waals surface area contributed by atoms with Crippen molar-refractivity contribution in [3.8, 4) is 11.4 Å². The molecule has 10 heteroatoms. The molecule has 0 saturated carbocycles. The number of nitrogens with zero attached hydrogens (tertiary/aromatic N) is 2. The Morgan fingerprint density at radius 2 is 1.75 bits per heavy atom. The highest BCUT2D eigenvalue weighted by molar-refractivity contribution is 5.78. The molecule has 1 fully saturated rings. The minimum absolute atomic E-state index is 0.0530. The zero-order chi connectivity index (χ0) is 25.7. The van der Waals surface area contributed by atoms with E-state index in [-0.39, 0.29) is 24.1 Å². The van der Waals surface area contributed by atoms with Crippen LogP contribution < -0.4 is 10.1 Å². The second kappa shape index (κ2) is 11.1. The van der Waals surface area contributed by atoms with Gasteiger partial charge in [0.25, 0.3) is 0 Å². The van der Waals surface area contributed by atoms with Gasteiger partial charge in [0.1, 0.15) is 5.75 Å². The molecular formula is C26H26F5N3O2. The SMILES string of the molecule is O=C(NCc1cccc(OC(F)F)c1)C1CCN(Cc2ccn(-c3ccc(C(F)(F)F)cc3)c2)CC1. The van der Waals surface area contributed by atoms with Crippen LogP contribution in [0.4, 0.5) is 22.0 Å². The minimum atomic E-state index is -4.36. The Labute approximate surface area is 205 Å². The maximum Gasteiger partial charge on any atom is 0.416 e. The summed E-state index contributed by atoms with van der Waals surface area (Å²) in [6.07, 6.45) is 0.743. The van der Waals surface area contributed by atoms with Crippen molar-refractivity contribution in [2.75, 3.05) is 13.1 Å². The number of likely N-dealkylation sites (tertiary alicyclic amines) is 1. The number of hydrogen-bond donors (Lipinski definition) is 1. The summed E-state index contributed by atoms with van der Waals surface area (Å²) in [5.41, 5.74) is 1.68. The van der Waals surface area contributed by atoms with E-state index >= 15 is 0 Å². The van der Waals surface area contributed by atoms with Crippen LogP contribution in [-0.2, 0) is 24.1 Å². The van der Waals surface area contributed by atoms with E-state index in [9.17, 15) is 26.7 Å². The van der Waals surface area contributed by atoms with E-state index < -0.39 is 18.4 Å². The van der Waals surface area contributed by atoms with Gasteiger partial charge in [-0.05, 0) is 79.5 Å². The molecule has 2 heterocycles. The molecule has 0 atom stereocenters. The summed E-state index contributed by atoms with van der Waals surface area (Å²) in [6.45, 7) is -0.512. The second-order valence-electron chi connectivity index (χ2n) is 8.77. The van der Waals surface area contributed by atoms with Gasteiger partial charge in [0.15, 0.2) is 0 Å². The van der Waals surface area contributed by atoms with Crippen LogP contribution in [0.1, 0.15) is 29.5 Å². The molecule has 4 rings (SSSR count). The van der Waals surface area contributed by atoms with E-state index in [0.29, 0.717) is 30.6 Å². The number of halogens is 5. The molecule has 0 spiro atoms. The van der Waals surface area contributed by atoms with Crippen LogP contribution in [0, 0.1) is 5.92 Å². The summed E-state index contributed by atoms with van der Waals surface area (Å²) >= 11 is 0. The van der Waals surface area contributed by atoms with Crippen LogP contribution in [0.15, 0.2) is 67.0 Å². The van der Waals surface area contributed by atoms with E-state index in [1.807, 2.05) is 18.5 Å². The zero-order valence-corrected chi connectivity index (χ0v) is 19.3. The van der Waals surface area contributed by atoms with Crippen molar-refractivity contribution in [2.45, 2.75) is 38.7 Å². The van der Waals surface area contributed by atoms with Gasteiger partial charge in [-0.25, -0.2) is 0 Å². The Bertz CT molecular complexity index is 1150. The summed E-state index contributed by atoms with van der Waals surface area (Å²) in [4.78, 5) is 14.8. The van der Waals surface area contributed by atoms with Crippen LogP contribution >= 0.6 is 0 Å². The molecule has 5 nitrogen and oxygen atoms in total. The fourth-order valence-corrected chi connectivity index (χ4v) is 4.29. The molecule has 1 saturated heterocycles. The molecule has 36 heavy (non-hydrogen) atoms. The van der Waals surface area contributed by atoms with Crippen molar-refractivity contribution in [3.63, 3.8) is 0 Å². The average molecular weight is 508 g/mol. The lowest BCUT2D eigenvalue weighted by Gasteiger charge is -2.31. The van der Waals surface area contributed by atoms with Crippen LogP contribution in [-0.4, -0.2) is 35.1 Å². The van der Waals surface area contributed by atoms with Gasteiger partial charge < -0.3 is 14.6 Å². The number of rotatable bonds is 8. The predicted molar refractivity (Wildman–Crippen MR) is 124 cm³/mol. The maximum atomic E-state index is 12.8. The number of nitrogens with one attached hydrogen (secondary N) is 1. The first-order chi connectivity index (χ1) is 17.2. The summed E-state index contributed by atoms with van der Waals surface area (Å²) in [7, 11) is 0. The van der Waals surface area contributed by atoms with Gasteiger partial charge in [-0.3, -0.25) is 9.69 Å². The average Bonchev–Trinajstić information content (AvgIpc) is 3.31. The summed E-state index contributed by atoms with van der Waals surface area (Å²) in [6, 6.07) is 13.2. The molecule has 2 aromatic carbocycles. The van der Waals surface area contributed by atoms with Gasteiger partial charge in [-0.15, -0.1) is 0 Å². The number of alkyl halides is 5. The Balaban J connectivity index is 1.23. The van der Waals surface area contributed by atoms with Gasteiger partial charge in [0, 0.05) is 37.1 Å². The monoisotopic (exact) mass is 507 g/mol. The Hall–Kier alpha value is -3.40. The number of hydrogen-bond acceptors (Lipinski definition) is 3. The van der Waals surface area contributed by atoms with Crippen LogP contribution in [0.25, 0.3) is 5.69 Å². The fourth-order valence-electron chi connectivity index (χ4n) is 4.29. The zero-order valence-electron chi connectivity index (χ0n) is 19.3. The number of amides is 1. The summed E-state index contributed by atoms with van der Waals surface area (Å²) in [5.74, 6) is -0.140. The maximum absolute atomic E-state index is 12.8. The third kappa shape index (κ3) is 6.84. The van der Waals surface area contributed by atoms with Crippen molar-refractivity contribution in [1.29, 1.82) is 0 Å². The number of benzene rings is 2. The van der Waals surface area contributed by atoms with E-state index in [2.05, 4.69) is 15.0 Å². The third-order valence-corrected chi connectivity index (χ3v) is 6.20. The Morgan fingerprint density at radius 1 is 1.03 bits per heavy atom. The van der Waals surface area contributed by atoms with E-state index in [1.54, 1.807) is 16.7 Å². The highest BCUT2D eigenvalue weighted by atomic mass is 19.4. The molecule has 0 bridgehead atoms. The number of carbonyl (C=O) groups excluding carboxylic acids is 1. The number of ether oxygens (including phenoxy) is 1. The van der Waals surface area contributed by atoms with Crippen molar-refractivity contribution >= 4 is 5.91 Å². The topological polar surface area (TPSA) is 46.5 Å². The van der Waals surface area contributed by atoms with Crippen molar-refractivity contribution < 1.29 is 31.5 Å². The summed E-state index contributed by atoms with van der Waals surface area (Å²) < 4.78 is 69.2. The highest BCUT2D eigenvalue weighted by Crippen LogP contribution is 2.30. The standard InChI is InChI=1S/C26H26F5N3O2/c27-25(28)36-23-3-1-2-18(14-23)15-32-24(35)20-9-11-33(12-10-20)16-19-8-13-34(17-19)22-6-4-21(5-7-22)26(29,30)31/h1-8,13-14,17,20,25H,9-12,15-16H2,(H,32,35). The molecule has 1 N–H and O–H groups in total. The van der Waals surface area contributed by atoms with Crippen molar-refractivity contribution in [1.82, 2.24) is 14.8 Å². The molecule has 1 amide bonds. The first kappa shape index (κ1) is 25.7. The van der Waals surface area contributed by atoms with Gasteiger partial charge in [0.05, 0.1) is 5.56 Å². The lowest BCUT2D eigenvalue weighted by Crippen LogP contribution is -2.40. The number of carbonyl (C=O) groups is 1. The first-order valence-electron chi connectivity index (χ1n) is 11.6. The Kier molecular flexibility index (Phi) is 7.93. The first-order valence-corrected chi connectivity index (χ1v) is 11.6. The lowest BCUT2D eigenvalue weighted by atomic mass is 9.95. The molecule has 0 radical (unpaired) electrons. The van der Waals surface area contributed by atoms with Gasteiger partial charge in [-0.1, -0.05) is 12.1 Å². The second-order valence-corrected chi connectivity index (χ2v) is 8.77. The molecule has 1 aliphatic rings. The molecule has 0 unspecified atom stereocenters. The van der Waals surface area contributed by atoms with Crippen LogP contribution in [0.5, 0.6) is 5.75 Å². The van der Waals surface area contributed by atoms with Crippen molar-refractivity contribution in [3.05, 3.63) is 83.7 Å². The number of piperidine rings is 1. The third-order valence-electron chi connectivity index (χ3n) is 6.20. The summed E-state index contributed by atoms with van der Waals surface area (Å²) in [5, 5.41) is 2.87. The molecule has 3 aromatic rings. The van der Waals surface area contributed by atoms with Crippen molar-refractivity contribution in [2.24, 2.45) is 5.92 Å². The fraction of sp³-hybridized carbons (Fsp3) is 0.346. The molecular weight excluding hydrogens is 481 g/mol. The van der Waals surface area contributed by atoms with E-state index in [0.717, 1.165) is 30.8 Å². The number of aromatic nitrogens is 1. The molecule has 0 aliphatic carbocycles. The van der Waals surface area contributed by atoms with Crippen LogP contribution in [0.3, 0.4) is 0 Å². The van der Waals surface area contributed by atoms with Gasteiger partial charge in [-0.2, -0.15) is 22.0 Å². The van der Waals surface area contributed by atoms with E-state index in [4.69, 9.17) is 0 Å². The highest BCUT2D eigenvalue weighted by Gasteiger charge is 2.30. The smallest absolute Gasteiger partial charge is 0.416 e. The molecule has 192 valence electrons. The van der Waals surface area contributed by atoms with Gasteiger partial charge in [0.2, 0.25) is 5.91 Å². The predicted octanol–water partition coefficient (Wildman–Crippen LogP) is 5.63. The quantitative estimate of drug-likeness (QED) is 0.403.